The molecular formula is C21H20ClN3O3. The van der Waals surface area contributed by atoms with Gasteiger partial charge in [0.1, 0.15) is 0 Å². The highest BCUT2D eigenvalue weighted by molar-refractivity contribution is 6.30. The molecule has 0 radical (unpaired) electrons. The van der Waals surface area contributed by atoms with E-state index in [4.69, 9.17) is 16.0 Å². The predicted molar refractivity (Wildman–Crippen MR) is 110 cm³/mol. The number of benzene rings is 2. The molecule has 7 heteroatoms. The fourth-order valence-corrected chi connectivity index (χ4v) is 3.70. The van der Waals surface area contributed by atoms with Crippen LogP contribution in [0.15, 0.2) is 64.3 Å². The second kappa shape index (κ2) is 7.56. The lowest BCUT2D eigenvalue weighted by atomic mass is 10.1. The molecule has 0 unspecified atom stereocenters. The van der Waals surface area contributed by atoms with Crippen molar-refractivity contribution in [3.05, 3.63) is 76.3 Å². The number of aromatic nitrogens is 1. The van der Waals surface area contributed by atoms with E-state index >= 15 is 0 Å². The zero-order valence-electron chi connectivity index (χ0n) is 15.3. The first-order valence-corrected chi connectivity index (χ1v) is 9.48. The number of halogens is 1. The minimum Gasteiger partial charge on any atom is -0.408 e. The first-order chi connectivity index (χ1) is 13.6. The van der Waals surface area contributed by atoms with Crippen molar-refractivity contribution >= 4 is 34.3 Å². The largest absolute Gasteiger partial charge is 0.420 e. The monoisotopic (exact) mass is 397 g/mol. The molecule has 1 amide bonds. The molecule has 0 bridgehead atoms. The molecule has 0 N–H and O–H groups in total. The van der Waals surface area contributed by atoms with Crippen LogP contribution in [0, 0.1) is 0 Å². The maximum Gasteiger partial charge on any atom is 0.420 e. The van der Waals surface area contributed by atoms with Gasteiger partial charge in [-0.15, -0.1) is 6.58 Å². The number of fused-ring (bicyclic) bond motifs is 1. The normalized spacial score (nSPS) is 14.5. The van der Waals surface area contributed by atoms with Gasteiger partial charge in [-0.05, 0) is 36.4 Å². The van der Waals surface area contributed by atoms with Gasteiger partial charge in [0.05, 0.1) is 5.52 Å². The molecule has 0 aliphatic carbocycles. The first kappa shape index (κ1) is 18.4. The van der Waals surface area contributed by atoms with Gasteiger partial charge in [-0.1, -0.05) is 23.7 Å². The third kappa shape index (κ3) is 3.43. The van der Waals surface area contributed by atoms with Gasteiger partial charge in [0.25, 0.3) is 5.91 Å². The molecule has 1 saturated heterocycles. The van der Waals surface area contributed by atoms with E-state index in [2.05, 4.69) is 11.5 Å². The van der Waals surface area contributed by atoms with Crippen molar-refractivity contribution in [2.45, 2.75) is 6.54 Å². The highest BCUT2D eigenvalue weighted by atomic mass is 35.5. The summed E-state index contributed by atoms with van der Waals surface area (Å²) in [6.45, 7) is 6.71. The van der Waals surface area contributed by atoms with E-state index in [0.29, 0.717) is 41.3 Å². The summed E-state index contributed by atoms with van der Waals surface area (Å²) in [6.07, 6.45) is 1.62. The molecule has 2 heterocycles. The highest BCUT2D eigenvalue weighted by Crippen LogP contribution is 2.22. The summed E-state index contributed by atoms with van der Waals surface area (Å²) in [6, 6.07) is 12.8. The SMILES string of the molecule is C=CCn1c(=O)oc2ccc(C(=O)N3CCN(c4cccc(Cl)c4)CC3)cc21. The number of hydrogen-bond donors (Lipinski definition) is 0. The van der Waals surface area contributed by atoms with Crippen LogP contribution >= 0.6 is 11.6 Å². The summed E-state index contributed by atoms with van der Waals surface area (Å²) in [7, 11) is 0. The summed E-state index contributed by atoms with van der Waals surface area (Å²) in [5.74, 6) is -0.499. The van der Waals surface area contributed by atoms with E-state index in [1.807, 2.05) is 29.2 Å². The Morgan fingerprint density at radius 2 is 1.93 bits per heavy atom. The number of carbonyl (C=O) groups is 1. The van der Waals surface area contributed by atoms with Gasteiger partial charge < -0.3 is 14.2 Å². The molecule has 0 saturated carbocycles. The van der Waals surface area contributed by atoms with Crippen LogP contribution in [-0.2, 0) is 6.54 Å². The van der Waals surface area contributed by atoms with Crippen molar-refractivity contribution in [1.29, 1.82) is 0 Å². The van der Waals surface area contributed by atoms with Gasteiger partial charge >= 0.3 is 5.76 Å². The number of oxazole rings is 1. The molecule has 144 valence electrons. The fourth-order valence-electron chi connectivity index (χ4n) is 3.52. The number of carbonyl (C=O) groups excluding carboxylic acids is 1. The van der Waals surface area contributed by atoms with Crippen LogP contribution in [-0.4, -0.2) is 41.6 Å². The lowest BCUT2D eigenvalue weighted by Gasteiger charge is -2.36. The average molecular weight is 398 g/mol. The van der Waals surface area contributed by atoms with E-state index in [0.717, 1.165) is 18.8 Å². The molecule has 4 rings (SSSR count). The Morgan fingerprint density at radius 3 is 2.64 bits per heavy atom. The third-order valence-corrected chi connectivity index (χ3v) is 5.20. The Labute approximate surface area is 167 Å². The van der Waals surface area contributed by atoms with Crippen molar-refractivity contribution in [3.63, 3.8) is 0 Å². The Kier molecular flexibility index (Phi) is 4.96. The maximum atomic E-state index is 13.0. The Bertz CT molecular complexity index is 1090. The molecule has 1 fully saturated rings. The van der Waals surface area contributed by atoms with Gasteiger partial charge in [-0.3, -0.25) is 9.36 Å². The zero-order chi connectivity index (χ0) is 19.7. The quantitative estimate of drug-likeness (QED) is 0.633. The number of amides is 1. The van der Waals surface area contributed by atoms with Gasteiger partial charge in [0.15, 0.2) is 5.58 Å². The average Bonchev–Trinajstić information content (AvgIpc) is 3.02. The van der Waals surface area contributed by atoms with E-state index in [1.165, 1.54) is 4.57 Å². The van der Waals surface area contributed by atoms with Crippen LogP contribution in [0.4, 0.5) is 5.69 Å². The summed E-state index contributed by atoms with van der Waals surface area (Å²) in [5, 5.41) is 0.704. The number of allylic oxidation sites excluding steroid dienone is 1. The summed E-state index contributed by atoms with van der Waals surface area (Å²) >= 11 is 6.08. The third-order valence-electron chi connectivity index (χ3n) is 4.97. The van der Waals surface area contributed by atoms with Crippen molar-refractivity contribution in [2.24, 2.45) is 0 Å². The van der Waals surface area contributed by atoms with Gasteiger partial charge in [0.2, 0.25) is 0 Å². The van der Waals surface area contributed by atoms with E-state index in [9.17, 15) is 9.59 Å². The molecule has 1 aliphatic heterocycles. The van der Waals surface area contributed by atoms with Crippen LogP contribution in [0.2, 0.25) is 5.02 Å². The van der Waals surface area contributed by atoms with Crippen LogP contribution in [0.25, 0.3) is 11.1 Å². The molecule has 1 aliphatic rings. The fraction of sp³-hybridized carbons (Fsp3) is 0.238. The molecule has 6 nitrogen and oxygen atoms in total. The zero-order valence-corrected chi connectivity index (χ0v) is 16.1. The number of anilines is 1. The standard InChI is InChI=1S/C21H20ClN3O3/c1-2-8-25-18-13-15(6-7-19(18)28-21(25)27)20(26)24-11-9-23(10-12-24)17-5-3-4-16(22)14-17/h2-7,13-14H,1,8-12H2. The van der Waals surface area contributed by atoms with Crippen molar-refractivity contribution in [2.75, 3.05) is 31.1 Å². The maximum absolute atomic E-state index is 13.0. The molecule has 0 atom stereocenters. The second-order valence-corrected chi connectivity index (χ2v) is 7.15. The van der Waals surface area contributed by atoms with Crippen LogP contribution in [0.1, 0.15) is 10.4 Å². The van der Waals surface area contributed by atoms with Gasteiger partial charge in [-0.2, -0.15) is 0 Å². The minimum atomic E-state index is -0.449. The van der Waals surface area contributed by atoms with Crippen LogP contribution in [0.3, 0.4) is 0 Å². The molecular weight excluding hydrogens is 378 g/mol. The molecule has 0 spiro atoms. The lowest BCUT2D eigenvalue weighted by Crippen LogP contribution is -2.48. The highest BCUT2D eigenvalue weighted by Gasteiger charge is 2.23. The molecule has 2 aromatic carbocycles. The first-order valence-electron chi connectivity index (χ1n) is 9.11. The number of hydrogen-bond acceptors (Lipinski definition) is 4. The Balaban J connectivity index is 1.51. The van der Waals surface area contributed by atoms with Crippen molar-refractivity contribution in [1.82, 2.24) is 9.47 Å². The van der Waals surface area contributed by atoms with Crippen LogP contribution < -0.4 is 10.7 Å². The number of piperazine rings is 1. The molecule has 1 aromatic heterocycles. The Morgan fingerprint density at radius 1 is 1.14 bits per heavy atom. The van der Waals surface area contributed by atoms with Crippen molar-refractivity contribution < 1.29 is 9.21 Å². The van der Waals surface area contributed by atoms with Gasteiger partial charge in [-0.25, -0.2) is 4.79 Å². The molecule has 28 heavy (non-hydrogen) atoms. The lowest BCUT2D eigenvalue weighted by molar-refractivity contribution is 0.0747. The number of rotatable bonds is 4. The van der Waals surface area contributed by atoms with Crippen molar-refractivity contribution in [3.8, 4) is 0 Å². The second-order valence-electron chi connectivity index (χ2n) is 6.71. The smallest absolute Gasteiger partial charge is 0.408 e. The van der Waals surface area contributed by atoms with Crippen LogP contribution in [0.5, 0.6) is 0 Å². The summed E-state index contributed by atoms with van der Waals surface area (Å²) in [4.78, 5) is 29.0. The van der Waals surface area contributed by atoms with E-state index in [-0.39, 0.29) is 5.91 Å². The summed E-state index contributed by atoms with van der Waals surface area (Å²) < 4.78 is 6.69. The number of nitrogens with zero attached hydrogens (tertiary/aromatic N) is 3. The topological polar surface area (TPSA) is 58.7 Å². The summed E-state index contributed by atoms with van der Waals surface area (Å²) in [5.41, 5.74) is 2.68. The van der Waals surface area contributed by atoms with E-state index in [1.54, 1.807) is 24.3 Å². The minimum absolute atomic E-state index is 0.0496. The predicted octanol–water partition coefficient (Wildman–Crippen LogP) is 3.40. The van der Waals surface area contributed by atoms with Gasteiger partial charge in [0, 0.05) is 49.0 Å². The Hall–Kier alpha value is -2.99. The molecule has 3 aromatic rings. The van der Waals surface area contributed by atoms with E-state index < -0.39 is 5.76 Å².